The zero-order chi connectivity index (χ0) is 17.1. The van der Waals surface area contributed by atoms with Gasteiger partial charge in [0.1, 0.15) is 0 Å². The van der Waals surface area contributed by atoms with E-state index in [2.05, 4.69) is 27.7 Å². The second-order valence-electron chi connectivity index (χ2n) is 6.55. The number of nitrogens with one attached hydrogen (secondary N) is 1. The number of carbonyl (C=O) groups is 1. The lowest BCUT2D eigenvalue weighted by Crippen LogP contribution is -2.40. The molecule has 1 aliphatic rings. The highest BCUT2D eigenvalue weighted by Gasteiger charge is 2.27. The van der Waals surface area contributed by atoms with Crippen LogP contribution < -0.4 is 0 Å². The van der Waals surface area contributed by atoms with Crippen molar-refractivity contribution >= 4 is 17.2 Å². The topological polar surface area (TPSA) is 49.0 Å². The molecule has 1 amide bonds. The standard InChI is InChI=1S/C20H21N3OS/c24-19(11-15-8-10-25-14-15)23-9-4-7-17(13-23)20-18(12-21-22-20)16-5-2-1-3-6-16/h1-3,5-6,8,10,12,14,17H,4,7,9,11,13H2,(H,21,22). The van der Waals surface area contributed by atoms with E-state index >= 15 is 0 Å². The van der Waals surface area contributed by atoms with Crippen LogP contribution in [0.4, 0.5) is 0 Å². The predicted octanol–water partition coefficient (Wildman–Crippen LogP) is 4.09. The van der Waals surface area contributed by atoms with Crippen molar-refractivity contribution in [2.45, 2.75) is 25.2 Å². The van der Waals surface area contributed by atoms with Crippen molar-refractivity contribution in [1.82, 2.24) is 15.1 Å². The third-order valence-corrected chi connectivity index (χ3v) is 5.60. The highest BCUT2D eigenvalue weighted by atomic mass is 32.1. The number of likely N-dealkylation sites (tertiary alicyclic amines) is 1. The molecule has 0 radical (unpaired) electrons. The van der Waals surface area contributed by atoms with Crippen LogP contribution in [0.5, 0.6) is 0 Å². The molecule has 0 spiro atoms. The van der Waals surface area contributed by atoms with Crippen molar-refractivity contribution in [1.29, 1.82) is 0 Å². The summed E-state index contributed by atoms with van der Waals surface area (Å²) in [5.41, 5.74) is 4.59. The molecule has 0 saturated carbocycles. The van der Waals surface area contributed by atoms with Gasteiger partial charge < -0.3 is 4.90 Å². The number of H-pyrrole nitrogens is 1. The maximum Gasteiger partial charge on any atom is 0.227 e. The number of hydrogen-bond donors (Lipinski definition) is 1. The van der Waals surface area contributed by atoms with Gasteiger partial charge in [-0.2, -0.15) is 16.4 Å². The number of nitrogens with zero attached hydrogens (tertiary/aromatic N) is 2. The molecule has 0 bridgehead atoms. The minimum absolute atomic E-state index is 0.226. The molecular formula is C20H21N3OS. The van der Waals surface area contributed by atoms with Crippen molar-refractivity contribution in [3.63, 3.8) is 0 Å². The number of hydrogen-bond acceptors (Lipinski definition) is 3. The average molecular weight is 351 g/mol. The molecule has 1 atom stereocenters. The molecule has 1 unspecified atom stereocenters. The highest BCUT2D eigenvalue weighted by molar-refractivity contribution is 7.08. The molecular weight excluding hydrogens is 330 g/mol. The zero-order valence-corrected chi connectivity index (χ0v) is 14.8. The summed E-state index contributed by atoms with van der Waals surface area (Å²) in [6.07, 6.45) is 4.53. The van der Waals surface area contributed by atoms with Gasteiger partial charge in [0.25, 0.3) is 0 Å². The lowest BCUT2D eigenvalue weighted by Gasteiger charge is -2.32. The van der Waals surface area contributed by atoms with E-state index in [0.29, 0.717) is 12.3 Å². The Kier molecular flexibility index (Phi) is 4.65. The summed E-state index contributed by atoms with van der Waals surface area (Å²) >= 11 is 1.64. The van der Waals surface area contributed by atoms with Gasteiger partial charge in [0.2, 0.25) is 5.91 Å². The van der Waals surface area contributed by atoms with Gasteiger partial charge in [-0.1, -0.05) is 30.3 Å². The number of amides is 1. The molecule has 4 nitrogen and oxygen atoms in total. The maximum absolute atomic E-state index is 12.6. The van der Waals surface area contributed by atoms with E-state index in [1.54, 1.807) is 11.3 Å². The molecule has 1 N–H and O–H groups in total. The summed E-state index contributed by atoms with van der Waals surface area (Å²) in [5.74, 6) is 0.543. The quantitative estimate of drug-likeness (QED) is 0.770. The van der Waals surface area contributed by atoms with Gasteiger partial charge >= 0.3 is 0 Å². The molecule has 128 valence electrons. The van der Waals surface area contributed by atoms with Crippen LogP contribution in [0.3, 0.4) is 0 Å². The number of thiophene rings is 1. The van der Waals surface area contributed by atoms with Crippen LogP contribution in [0.2, 0.25) is 0 Å². The average Bonchev–Trinajstić information content (AvgIpc) is 3.34. The fraction of sp³-hybridized carbons (Fsp3) is 0.300. The van der Waals surface area contributed by atoms with E-state index < -0.39 is 0 Å². The fourth-order valence-corrected chi connectivity index (χ4v) is 4.24. The van der Waals surface area contributed by atoms with Gasteiger partial charge in [-0.3, -0.25) is 9.89 Å². The summed E-state index contributed by atoms with van der Waals surface area (Å²) in [4.78, 5) is 14.7. The van der Waals surface area contributed by atoms with E-state index in [0.717, 1.165) is 42.8 Å². The molecule has 1 saturated heterocycles. The Labute approximate surface area is 151 Å². The number of rotatable bonds is 4. The number of piperidine rings is 1. The normalized spacial score (nSPS) is 17.6. The first-order valence-corrected chi connectivity index (χ1v) is 9.63. The SMILES string of the molecule is O=C(Cc1ccsc1)N1CCCC(c2[nH]ncc2-c2ccccc2)C1. The van der Waals surface area contributed by atoms with E-state index in [1.807, 2.05) is 40.7 Å². The predicted molar refractivity (Wildman–Crippen MR) is 101 cm³/mol. The maximum atomic E-state index is 12.6. The number of carbonyl (C=O) groups excluding carboxylic acids is 1. The second-order valence-corrected chi connectivity index (χ2v) is 7.33. The van der Waals surface area contributed by atoms with Gasteiger partial charge in [-0.15, -0.1) is 0 Å². The first-order valence-electron chi connectivity index (χ1n) is 8.69. The molecule has 3 heterocycles. The Morgan fingerprint density at radius 2 is 2.16 bits per heavy atom. The third kappa shape index (κ3) is 3.51. The van der Waals surface area contributed by atoms with E-state index in [4.69, 9.17) is 0 Å². The Hall–Kier alpha value is -2.40. The van der Waals surface area contributed by atoms with E-state index in [1.165, 1.54) is 5.56 Å². The van der Waals surface area contributed by atoms with Gasteiger partial charge in [-0.25, -0.2) is 0 Å². The van der Waals surface area contributed by atoms with Crippen LogP contribution in [0.15, 0.2) is 53.4 Å². The summed E-state index contributed by atoms with van der Waals surface area (Å²) in [6.45, 7) is 1.62. The van der Waals surface area contributed by atoms with Crippen LogP contribution in [0.25, 0.3) is 11.1 Å². The largest absolute Gasteiger partial charge is 0.342 e. The number of benzene rings is 1. The summed E-state index contributed by atoms with van der Waals surface area (Å²) in [5, 5.41) is 11.6. The van der Waals surface area contributed by atoms with Crippen LogP contribution >= 0.6 is 11.3 Å². The van der Waals surface area contributed by atoms with E-state index in [-0.39, 0.29) is 5.91 Å². The minimum Gasteiger partial charge on any atom is -0.342 e. The van der Waals surface area contributed by atoms with Crippen molar-refractivity contribution in [3.05, 3.63) is 64.6 Å². The molecule has 1 aromatic carbocycles. The summed E-state index contributed by atoms with van der Waals surface area (Å²) in [6, 6.07) is 12.4. The van der Waals surface area contributed by atoms with Crippen molar-refractivity contribution in [2.75, 3.05) is 13.1 Å². The highest BCUT2D eigenvalue weighted by Crippen LogP contribution is 2.33. The molecule has 5 heteroatoms. The monoisotopic (exact) mass is 351 g/mol. The van der Waals surface area contributed by atoms with Gasteiger partial charge in [0.05, 0.1) is 12.6 Å². The van der Waals surface area contributed by atoms with Crippen molar-refractivity contribution in [2.24, 2.45) is 0 Å². The lowest BCUT2D eigenvalue weighted by molar-refractivity contribution is -0.131. The first-order chi connectivity index (χ1) is 12.3. The van der Waals surface area contributed by atoms with Crippen LogP contribution in [0, 0.1) is 0 Å². The first kappa shape index (κ1) is 16.1. The zero-order valence-electron chi connectivity index (χ0n) is 14.0. The summed E-state index contributed by atoms with van der Waals surface area (Å²) in [7, 11) is 0. The van der Waals surface area contributed by atoms with Gasteiger partial charge in [0.15, 0.2) is 0 Å². The second kappa shape index (κ2) is 7.23. The Morgan fingerprint density at radius 1 is 1.28 bits per heavy atom. The molecule has 3 aromatic rings. The Morgan fingerprint density at radius 3 is 2.96 bits per heavy atom. The van der Waals surface area contributed by atoms with Crippen LogP contribution in [0.1, 0.15) is 30.0 Å². The van der Waals surface area contributed by atoms with Gasteiger partial charge in [0, 0.05) is 30.3 Å². The van der Waals surface area contributed by atoms with Crippen LogP contribution in [-0.2, 0) is 11.2 Å². The molecule has 0 aliphatic carbocycles. The van der Waals surface area contributed by atoms with Gasteiger partial charge in [-0.05, 0) is 40.8 Å². The lowest BCUT2D eigenvalue weighted by atomic mass is 9.90. The summed E-state index contributed by atoms with van der Waals surface area (Å²) < 4.78 is 0. The molecule has 2 aromatic heterocycles. The molecule has 25 heavy (non-hydrogen) atoms. The fourth-order valence-electron chi connectivity index (χ4n) is 3.57. The number of aromatic amines is 1. The van der Waals surface area contributed by atoms with Crippen molar-refractivity contribution in [3.8, 4) is 11.1 Å². The Balaban J connectivity index is 1.50. The number of aromatic nitrogens is 2. The third-order valence-electron chi connectivity index (χ3n) is 4.87. The van der Waals surface area contributed by atoms with Crippen molar-refractivity contribution < 1.29 is 4.79 Å². The van der Waals surface area contributed by atoms with Crippen LogP contribution in [-0.4, -0.2) is 34.1 Å². The van der Waals surface area contributed by atoms with E-state index in [9.17, 15) is 4.79 Å². The molecule has 4 rings (SSSR count). The molecule has 1 aliphatic heterocycles. The molecule has 1 fully saturated rings. The minimum atomic E-state index is 0.226. The smallest absolute Gasteiger partial charge is 0.227 e. The Bertz CT molecular complexity index is 826.